The zero-order valence-electron chi connectivity index (χ0n) is 10.8. The van der Waals surface area contributed by atoms with E-state index in [1.807, 2.05) is 32.0 Å². The molecular weight excluding hydrogens is 262 g/mol. The second-order valence-electron chi connectivity index (χ2n) is 4.25. The summed E-state index contributed by atoms with van der Waals surface area (Å²) in [6.07, 6.45) is 0.617. The number of hydrogen-bond acceptors (Lipinski definition) is 4. The Morgan fingerprint density at radius 2 is 2.05 bits per heavy atom. The van der Waals surface area contributed by atoms with Crippen LogP contribution in [-0.2, 0) is 6.42 Å². The Morgan fingerprint density at radius 1 is 1.37 bits per heavy atom. The molecule has 19 heavy (non-hydrogen) atoms. The van der Waals surface area contributed by atoms with Gasteiger partial charge in [-0.25, -0.2) is 9.78 Å². The van der Waals surface area contributed by atoms with Crippen molar-refractivity contribution in [3.05, 3.63) is 45.4 Å². The fraction of sp³-hybridized carbons (Fsp3) is 0.286. The number of para-hydroxylation sites is 1. The first-order valence-electron chi connectivity index (χ1n) is 5.94. The van der Waals surface area contributed by atoms with E-state index >= 15 is 0 Å². The third kappa shape index (κ3) is 3.32. The number of hydrogen-bond donors (Lipinski definition) is 1. The van der Waals surface area contributed by atoms with Crippen molar-refractivity contribution in [3.63, 3.8) is 0 Å². The lowest BCUT2D eigenvalue weighted by Gasteiger charge is -2.10. The molecule has 0 aliphatic heterocycles. The molecule has 1 N–H and O–H groups in total. The van der Waals surface area contributed by atoms with Crippen molar-refractivity contribution in [3.8, 4) is 5.75 Å². The van der Waals surface area contributed by atoms with E-state index in [0.29, 0.717) is 13.0 Å². The van der Waals surface area contributed by atoms with Crippen LogP contribution in [0.3, 0.4) is 0 Å². The third-order valence-electron chi connectivity index (χ3n) is 2.74. The van der Waals surface area contributed by atoms with Gasteiger partial charge in [0.1, 0.15) is 5.75 Å². The molecule has 0 spiro atoms. The van der Waals surface area contributed by atoms with Crippen LogP contribution in [0.2, 0.25) is 0 Å². The van der Waals surface area contributed by atoms with Crippen molar-refractivity contribution in [2.45, 2.75) is 20.3 Å². The minimum absolute atomic E-state index is 0.104. The Hall–Kier alpha value is -1.88. The molecule has 0 atom stereocenters. The van der Waals surface area contributed by atoms with Crippen molar-refractivity contribution in [2.75, 3.05) is 6.61 Å². The molecule has 2 rings (SSSR count). The van der Waals surface area contributed by atoms with Crippen LogP contribution < -0.4 is 4.74 Å². The summed E-state index contributed by atoms with van der Waals surface area (Å²) in [5.41, 5.74) is 2.31. The average Bonchev–Trinajstić information content (AvgIpc) is 2.82. The molecular formula is C14H15NO3S. The van der Waals surface area contributed by atoms with Gasteiger partial charge in [-0.15, -0.1) is 11.3 Å². The molecule has 4 nitrogen and oxygen atoms in total. The number of ether oxygens (including phenoxy) is 1. The summed E-state index contributed by atoms with van der Waals surface area (Å²) in [5, 5.41) is 11.1. The van der Waals surface area contributed by atoms with Crippen molar-refractivity contribution in [1.82, 2.24) is 4.98 Å². The molecule has 0 saturated carbocycles. The highest BCUT2D eigenvalue weighted by molar-refractivity contribution is 7.09. The Kier molecular flexibility index (Phi) is 4.16. The lowest BCUT2D eigenvalue weighted by molar-refractivity contribution is 0.0691. The number of carboxylic acids is 1. The van der Waals surface area contributed by atoms with E-state index < -0.39 is 5.97 Å². The predicted octanol–water partition coefficient (Wildman–Crippen LogP) is 3.08. The molecule has 1 heterocycles. The summed E-state index contributed by atoms with van der Waals surface area (Å²) in [5.74, 6) is -0.0873. The number of carboxylic acid groups (broad SMARTS) is 1. The van der Waals surface area contributed by atoms with Gasteiger partial charge in [0.15, 0.2) is 5.69 Å². The van der Waals surface area contributed by atoms with Crippen LogP contribution in [0, 0.1) is 13.8 Å². The van der Waals surface area contributed by atoms with E-state index in [2.05, 4.69) is 4.98 Å². The van der Waals surface area contributed by atoms with E-state index in [4.69, 9.17) is 9.84 Å². The summed E-state index contributed by atoms with van der Waals surface area (Å²) < 4.78 is 5.76. The van der Waals surface area contributed by atoms with Crippen LogP contribution in [0.5, 0.6) is 5.75 Å². The first-order chi connectivity index (χ1) is 9.08. The fourth-order valence-electron chi connectivity index (χ4n) is 1.79. The summed E-state index contributed by atoms with van der Waals surface area (Å²) in [6.45, 7) is 4.51. The Balaban J connectivity index is 1.94. The summed E-state index contributed by atoms with van der Waals surface area (Å²) in [7, 11) is 0. The van der Waals surface area contributed by atoms with Crippen molar-refractivity contribution in [1.29, 1.82) is 0 Å². The molecule has 0 aliphatic rings. The zero-order valence-corrected chi connectivity index (χ0v) is 11.7. The smallest absolute Gasteiger partial charge is 0.355 e. The largest absolute Gasteiger partial charge is 0.493 e. The second-order valence-corrected chi connectivity index (χ2v) is 5.19. The molecule has 100 valence electrons. The quantitative estimate of drug-likeness (QED) is 0.912. The lowest BCUT2D eigenvalue weighted by atomic mass is 10.1. The summed E-state index contributed by atoms with van der Waals surface area (Å²) >= 11 is 1.35. The molecule has 5 heteroatoms. The van der Waals surface area contributed by atoms with E-state index in [1.54, 1.807) is 5.38 Å². The van der Waals surface area contributed by atoms with Crippen molar-refractivity contribution in [2.24, 2.45) is 0 Å². The van der Waals surface area contributed by atoms with Crippen molar-refractivity contribution >= 4 is 17.3 Å². The zero-order chi connectivity index (χ0) is 13.8. The summed E-state index contributed by atoms with van der Waals surface area (Å²) in [6, 6.07) is 6.01. The third-order valence-corrected chi connectivity index (χ3v) is 3.65. The normalized spacial score (nSPS) is 10.4. The molecule has 2 aromatic rings. The molecule has 0 amide bonds. The number of aromatic nitrogens is 1. The fourth-order valence-corrected chi connectivity index (χ4v) is 2.54. The van der Waals surface area contributed by atoms with Gasteiger partial charge in [0.05, 0.1) is 11.6 Å². The number of nitrogens with zero attached hydrogens (tertiary/aromatic N) is 1. The van der Waals surface area contributed by atoms with Gasteiger partial charge in [0.25, 0.3) is 0 Å². The number of benzene rings is 1. The van der Waals surface area contributed by atoms with Crippen LogP contribution in [0.4, 0.5) is 0 Å². The van der Waals surface area contributed by atoms with Crippen LogP contribution >= 0.6 is 11.3 Å². The molecule has 0 aliphatic carbocycles. The van der Waals surface area contributed by atoms with Crippen molar-refractivity contribution < 1.29 is 14.6 Å². The number of aryl methyl sites for hydroxylation is 2. The highest BCUT2D eigenvalue weighted by Crippen LogP contribution is 2.22. The maximum absolute atomic E-state index is 10.7. The standard InChI is InChI=1S/C14H15NO3S/c1-9-4-3-5-10(2)13(9)18-7-6-12-15-11(8-19-12)14(16)17/h3-5,8H,6-7H2,1-2H3,(H,16,17). The number of carbonyl (C=O) groups is 1. The predicted molar refractivity (Wildman–Crippen MR) is 74.2 cm³/mol. The Labute approximate surface area is 115 Å². The maximum Gasteiger partial charge on any atom is 0.355 e. The number of thiazole rings is 1. The van der Waals surface area contributed by atoms with Gasteiger partial charge < -0.3 is 9.84 Å². The van der Waals surface area contributed by atoms with Crippen LogP contribution in [0.1, 0.15) is 26.6 Å². The SMILES string of the molecule is Cc1cccc(C)c1OCCc1nc(C(=O)O)cs1. The second kappa shape index (κ2) is 5.84. The minimum atomic E-state index is -0.988. The van der Waals surface area contributed by atoms with Gasteiger partial charge in [0.2, 0.25) is 0 Å². The molecule has 0 radical (unpaired) electrons. The van der Waals surface area contributed by atoms with Crippen LogP contribution in [0.15, 0.2) is 23.6 Å². The first-order valence-corrected chi connectivity index (χ1v) is 6.82. The van der Waals surface area contributed by atoms with E-state index in [-0.39, 0.29) is 5.69 Å². The molecule has 1 aromatic heterocycles. The van der Waals surface area contributed by atoms with Gasteiger partial charge in [-0.3, -0.25) is 0 Å². The molecule has 0 saturated heterocycles. The average molecular weight is 277 g/mol. The van der Waals surface area contributed by atoms with Gasteiger partial charge in [0, 0.05) is 11.8 Å². The topological polar surface area (TPSA) is 59.4 Å². The summed E-state index contributed by atoms with van der Waals surface area (Å²) in [4.78, 5) is 14.7. The minimum Gasteiger partial charge on any atom is -0.493 e. The molecule has 1 aromatic carbocycles. The first kappa shape index (κ1) is 13.5. The highest BCUT2D eigenvalue weighted by Gasteiger charge is 2.09. The monoisotopic (exact) mass is 277 g/mol. The highest BCUT2D eigenvalue weighted by atomic mass is 32.1. The van der Waals surface area contributed by atoms with Crippen LogP contribution in [-0.4, -0.2) is 22.7 Å². The maximum atomic E-state index is 10.7. The van der Waals surface area contributed by atoms with Gasteiger partial charge >= 0.3 is 5.97 Å². The van der Waals surface area contributed by atoms with Gasteiger partial charge in [-0.05, 0) is 25.0 Å². The lowest BCUT2D eigenvalue weighted by Crippen LogP contribution is -2.04. The van der Waals surface area contributed by atoms with Crippen LogP contribution in [0.25, 0.3) is 0 Å². The molecule has 0 fully saturated rings. The molecule has 0 bridgehead atoms. The Bertz CT molecular complexity index is 572. The molecule has 0 unspecified atom stereocenters. The number of aromatic carboxylic acids is 1. The van der Waals surface area contributed by atoms with E-state index in [1.165, 1.54) is 11.3 Å². The van der Waals surface area contributed by atoms with E-state index in [9.17, 15) is 4.79 Å². The number of rotatable bonds is 5. The van der Waals surface area contributed by atoms with E-state index in [0.717, 1.165) is 21.9 Å². The van der Waals surface area contributed by atoms with Gasteiger partial charge in [-0.1, -0.05) is 18.2 Å². The van der Waals surface area contributed by atoms with Gasteiger partial charge in [-0.2, -0.15) is 0 Å². The Morgan fingerprint density at radius 3 is 2.63 bits per heavy atom.